The van der Waals surface area contributed by atoms with Crippen LogP contribution in [0.4, 0.5) is 0 Å². The van der Waals surface area contributed by atoms with Crippen molar-refractivity contribution in [1.82, 2.24) is 20.1 Å². The predicted octanol–water partition coefficient (Wildman–Crippen LogP) is 2.79. The first-order valence-electron chi connectivity index (χ1n) is 7.43. The molecule has 1 unspecified atom stereocenters. The highest BCUT2D eigenvalue weighted by molar-refractivity contribution is 6.31. The van der Waals surface area contributed by atoms with Gasteiger partial charge in [-0.15, -0.1) is 0 Å². The standard InChI is InChI=1S/C16H23ClN4/c1-4-14-16(17)15(21(3)20-14)11-13(18-2)9-8-12-7-5-6-10-19-12/h5-7,10,13,18H,4,8-9,11H2,1-3H3. The van der Waals surface area contributed by atoms with E-state index in [1.54, 1.807) is 0 Å². The second kappa shape index (κ2) is 7.57. The third-order valence-electron chi connectivity index (χ3n) is 3.83. The molecular weight excluding hydrogens is 284 g/mol. The zero-order valence-corrected chi connectivity index (χ0v) is 13.7. The highest BCUT2D eigenvalue weighted by Crippen LogP contribution is 2.22. The summed E-state index contributed by atoms with van der Waals surface area (Å²) in [7, 11) is 3.96. The molecule has 21 heavy (non-hydrogen) atoms. The predicted molar refractivity (Wildman–Crippen MR) is 86.7 cm³/mol. The summed E-state index contributed by atoms with van der Waals surface area (Å²) in [4.78, 5) is 4.37. The van der Waals surface area contributed by atoms with Crippen molar-refractivity contribution in [2.45, 2.75) is 38.6 Å². The lowest BCUT2D eigenvalue weighted by Crippen LogP contribution is -2.29. The number of aromatic nitrogens is 3. The van der Waals surface area contributed by atoms with E-state index in [1.165, 1.54) is 0 Å². The number of hydrogen-bond donors (Lipinski definition) is 1. The fraction of sp³-hybridized carbons (Fsp3) is 0.500. The maximum Gasteiger partial charge on any atom is 0.0850 e. The fourth-order valence-electron chi connectivity index (χ4n) is 2.49. The normalized spacial score (nSPS) is 12.6. The van der Waals surface area contributed by atoms with E-state index in [2.05, 4.69) is 28.4 Å². The molecule has 0 aliphatic heterocycles. The molecule has 114 valence electrons. The second-order valence-corrected chi connectivity index (χ2v) is 5.61. The molecule has 0 radical (unpaired) electrons. The summed E-state index contributed by atoms with van der Waals surface area (Å²) in [5.41, 5.74) is 3.21. The summed E-state index contributed by atoms with van der Waals surface area (Å²) in [6.07, 6.45) is 5.57. The van der Waals surface area contributed by atoms with Gasteiger partial charge < -0.3 is 5.32 Å². The molecule has 2 heterocycles. The van der Waals surface area contributed by atoms with E-state index in [0.29, 0.717) is 6.04 Å². The van der Waals surface area contributed by atoms with Crippen LogP contribution < -0.4 is 5.32 Å². The van der Waals surface area contributed by atoms with Gasteiger partial charge in [0.25, 0.3) is 0 Å². The lowest BCUT2D eigenvalue weighted by atomic mass is 10.0. The van der Waals surface area contributed by atoms with Crippen LogP contribution in [0.2, 0.25) is 5.02 Å². The minimum absolute atomic E-state index is 0.365. The lowest BCUT2D eigenvalue weighted by Gasteiger charge is -2.16. The SMILES string of the molecule is CCc1nn(C)c(CC(CCc2ccccn2)NC)c1Cl. The van der Waals surface area contributed by atoms with Gasteiger partial charge in [0.2, 0.25) is 0 Å². The third-order valence-corrected chi connectivity index (χ3v) is 4.26. The summed E-state index contributed by atoms with van der Waals surface area (Å²) in [5, 5.41) is 8.67. The van der Waals surface area contributed by atoms with Gasteiger partial charge >= 0.3 is 0 Å². The largest absolute Gasteiger partial charge is 0.317 e. The van der Waals surface area contributed by atoms with Gasteiger partial charge in [-0.25, -0.2) is 0 Å². The van der Waals surface area contributed by atoms with Gasteiger partial charge in [0.15, 0.2) is 0 Å². The Morgan fingerprint density at radius 3 is 2.76 bits per heavy atom. The number of halogens is 1. The maximum absolute atomic E-state index is 6.42. The Balaban J connectivity index is 2.01. The van der Waals surface area contributed by atoms with Crippen LogP contribution in [0.5, 0.6) is 0 Å². The Labute approximate surface area is 131 Å². The van der Waals surface area contributed by atoms with Crippen molar-refractivity contribution in [3.63, 3.8) is 0 Å². The molecule has 2 aromatic heterocycles. The average molecular weight is 307 g/mol. The number of nitrogens with zero attached hydrogens (tertiary/aromatic N) is 3. The van der Waals surface area contributed by atoms with Crippen molar-refractivity contribution in [2.24, 2.45) is 7.05 Å². The quantitative estimate of drug-likeness (QED) is 0.855. The first-order valence-corrected chi connectivity index (χ1v) is 7.80. The number of rotatable bonds is 7. The Bertz CT molecular complexity index is 565. The van der Waals surface area contributed by atoms with E-state index in [-0.39, 0.29) is 0 Å². The smallest absolute Gasteiger partial charge is 0.0850 e. The maximum atomic E-state index is 6.42. The van der Waals surface area contributed by atoms with Crippen LogP contribution in [0.1, 0.15) is 30.4 Å². The molecule has 0 spiro atoms. The summed E-state index contributed by atoms with van der Waals surface area (Å²) < 4.78 is 1.91. The van der Waals surface area contributed by atoms with Crippen LogP contribution in [0.25, 0.3) is 0 Å². The van der Waals surface area contributed by atoms with Crippen molar-refractivity contribution in [3.8, 4) is 0 Å². The molecule has 1 atom stereocenters. The van der Waals surface area contributed by atoms with E-state index < -0.39 is 0 Å². The molecule has 4 nitrogen and oxygen atoms in total. The summed E-state index contributed by atoms with van der Waals surface area (Å²) >= 11 is 6.42. The van der Waals surface area contributed by atoms with Gasteiger partial charge in [-0.2, -0.15) is 5.10 Å². The van der Waals surface area contributed by atoms with Crippen LogP contribution >= 0.6 is 11.6 Å². The number of aryl methyl sites for hydroxylation is 3. The molecule has 2 rings (SSSR count). The van der Waals surface area contributed by atoms with Crippen molar-refractivity contribution in [3.05, 3.63) is 46.5 Å². The minimum Gasteiger partial charge on any atom is -0.317 e. The molecule has 0 amide bonds. The van der Waals surface area contributed by atoms with Crippen LogP contribution in [0, 0.1) is 0 Å². The van der Waals surface area contributed by atoms with E-state index in [9.17, 15) is 0 Å². The van der Waals surface area contributed by atoms with E-state index in [0.717, 1.165) is 47.8 Å². The van der Waals surface area contributed by atoms with Gasteiger partial charge in [-0.05, 0) is 38.4 Å². The van der Waals surface area contributed by atoms with E-state index in [4.69, 9.17) is 11.6 Å². The Morgan fingerprint density at radius 2 is 2.19 bits per heavy atom. The van der Waals surface area contributed by atoms with Crippen molar-refractivity contribution < 1.29 is 0 Å². The molecule has 1 N–H and O–H groups in total. The molecule has 2 aromatic rings. The number of pyridine rings is 1. The summed E-state index contributed by atoms with van der Waals surface area (Å²) in [6, 6.07) is 6.41. The molecule has 0 aromatic carbocycles. The van der Waals surface area contributed by atoms with Crippen LogP contribution in [-0.2, 0) is 26.3 Å². The third kappa shape index (κ3) is 4.05. The molecule has 0 aliphatic rings. The fourth-order valence-corrected chi connectivity index (χ4v) is 2.86. The van der Waals surface area contributed by atoms with Crippen molar-refractivity contribution in [2.75, 3.05) is 7.05 Å². The monoisotopic (exact) mass is 306 g/mol. The van der Waals surface area contributed by atoms with Gasteiger partial charge in [0, 0.05) is 31.4 Å². The minimum atomic E-state index is 0.365. The van der Waals surface area contributed by atoms with Crippen LogP contribution in [0.15, 0.2) is 24.4 Å². The molecule has 0 fully saturated rings. The second-order valence-electron chi connectivity index (χ2n) is 5.23. The summed E-state index contributed by atoms with van der Waals surface area (Å²) in [6.45, 7) is 2.08. The molecule has 0 bridgehead atoms. The Morgan fingerprint density at radius 1 is 1.38 bits per heavy atom. The number of nitrogens with one attached hydrogen (secondary N) is 1. The zero-order valence-electron chi connectivity index (χ0n) is 12.9. The first-order chi connectivity index (χ1) is 10.2. The molecule has 0 saturated carbocycles. The Kier molecular flexibility index (Phi) is 5.76. The van der Waals surface area contributed by atoms with E-state index >= 15 is 0 Å². The lowest BCUT2D eigenvalue weighted by molar-refractivity contribution is 0.501. The van der Waals surface area contributed by atoms with Crippen molar-refractivity contribution >= 4 is 11.6 Å². The average Bonchev–Trinajstić information content (AvgIpc) is 2.79. The zero-order chi connectivity index (χ0) is 15.2. The Hall–Kier alpha value is -1.39. The van der Waals surface area contributed by atoms with Gasteiger partial charge in [-0.1, -0.05) is 24.6 Å². The highest BCUT2D eigenvalue weighted by Gasteiger charge is 2.17. The van der Waals surface area contributed by atoms with Crippen LogP contribution in [-0.4, -0.2) is 27.9 Å². The molecular formula is C16H23ClN4. The first kappa shape index (κ1) is 16.0. The number of likely N-dealkylation sites (N-methyl/N-ethyl adjacent to an activating group) is 1. The molecule has 0 aliphatic carbocycles. The highest BCUT2D eigenvalue weighted by atomic mass is 35.5. The molecule has 0 saturated heterocycles. The number of hydrogen-bond acceptors (Lipinski definition) is 3. The van der Waals surface area contributed by atoms with Gasteiger partial charge in [0.05, 0.1) is 16.4 Å². The van der Waals surface area contributed by atoms with Gasteiger partial charge in [0.1, 0.15) is 0 Å². The van der Waals surface area contributed by atoms with Crippen LogP contribution in [0.3, 0.4) is 0 Å². The van der Waals surface area contributed by atoms with Gasteiger partial charge in [-0.3, -0.25) is 9.67 Å². The summed E-state index contributed by atoms with van der Waals surface area (Å²) in [5.74, 6) is 0. The van der Waals surface area contributed by atoms with E-state index in [1.807, 2.05) is 37.1 Å². The molecule has 5 heteroatoms. The topological polar surface area (TPSA) is 42.7 Å². The van der Waals surface area contributed by atoms with Crippen molar-refractivity contribution in [1.29, 1.82) is 0 Å².